The molecule has 0 aliphatic rings. The van der Waals surface area contributed by atoms with Crippen LogP contribution in [0.5, 0.6) is 5.75 Å². The van der Waals surface area contributed by atoms with Gasteiger partial charge >= 0.3 is 6.18 Å². The second kappa shape index (κ2) is 5.31. The molecule has 3 nitrogen and oxygen atoms in total. The van der Waals surface area contributed by atoms with Crippen LogP contribution in [0.4, 0.5) is 17.6 Å². The summed E-state index contributed by atoms with van der Waals surface area (Å²) < 4.78 is 76.8. The maximum absolute atomic E-state index is 12.6. The molecule has 0 aromatic heterocycles. The summed E-state index contributed by atoms with van der Waals surface area (Å²) in [6, 6.07) is 2.47. The van der Waals surface area contributed by atoms with Crippen LogP contribution < -0.4 is 4.74 Å². The van der Waals surface area contributed by atoms with E-state index in [0.29, 0.717) is 6.07 Å². The molecule has 0 radical (unpaired) electrons. The first kappa shape index (κ1) is 15.0. The van der Waals surface area contributed by atoms with Crippen molar-refractivity contribution in [1.29, 1.82) is 0 Å². The van der Waals surface area contributed by atoms with Gasteiger partial charge in [-0.25, -0.2) is 12.8 Å². The fourth-order valence-electron chi connectivity index (χ4n) is 1.25. The number of ether oxygens (including phenoxy) is 1. The SMILES string of the molecule is O=S(=O)(Cl)c1c(OCCF)cccc1C(F)(F)F. The van der Waals surface area contributed by atoms with Crippen LogP contribution >= 0.6 is 10.7 Å². The summed E-state index contributed by atoms with van der Waals surface area (Å²) in [4.78, 5) is -1.20. The normalized spacial score (nSPS) is 12.5. The molecule has 0 heterocycles. The van der Waals surface area contributed by atoms with Crippen LogP contribution in [0.1, 0.15) is 5.56 Å². The number of hydrogen-bond acceptors (Lipinski definition) is 3. The predicted octanol–water partition coefficient (Wildman–Crippen LogP) is 2.98. The Balaban J connectivity index is 3.46. The molecule has 1 rings (SSSR count). The molecular weight excluding hydrogens is 300 g/mol. The summed E-state index contributed by atoms with van der Waals surface area (Å²) in [6.45, 7) is -1.54. The first-order valence-electron chi connectivity index (χ1n) is 4.51. The van der Waals surface area contributed by atoms with Crippen molar-refractivity contribution >= 4 is 19.7 Å². The number of alkyl halides is 4. The van der Waals surface area contributed by atoms with Crippen molar-refractivity contribution in [1.82, 2.24) is 0 Å². The highest BCUT2D eigenvalue weighted by atomic mass is 35.7. The Bertz CT molecular complexity index is 527. The molecule has 0 atom stereocenters. The maximum Gasteiger partial charge on any atom is 0.417 e. The largest absolute Gasteiger partial charge is 0.489 e. The van der Waals surface area contributed by atoms with Gasteiger partial charge in [-0.05, 0) is 12.1 Å². The fourth-order valence-corrected chi connectivity index (χ4v) is 2.54. The van der Waals surface area contributed by atoms with Crippen molar-refractivity contribution in [3.8, 4) is 5.75 Å². The van der Waals surface area contributed by atoms with Crippen molar-refractivity contribution in [2.24, 2.45) is 0 Å². The van der Waals surface area contributed by atoms with Gasteiger partial charge in [0.25, 0.3) is 9.05 Å². The van der Waals surface area contributed by atoms with E-state index in [4.69, 9.17) is 10.7 Å². The summed E-state index contributed by atoms with van der Waals surface area (Å²) in [7, 11) is 0.279. The number of halogens is 5. The monoisotopic (exact) mass is 306 g/mol. The number of hydrogen-bond donors (Lipinski definition) is 0. The molecular formula is C9H7ClF4O3S. The minimum atomic E-state index is -4.91. The molecule has 9 heteroatoms. The molecule has 0 unspecified atom stereocenters. The lowest BCUT2D eigenvalue weighted by Crippen LogP contribution is -2.13. The Kier molecular flexibility index (Phi) is 4.44. The van der Waals surface area contributed by atoms with Crippen molar-refractivity contribution in [2.75, 3.05) is 13.3 Å². The Morgan fingerprint density at radius 3 is 2.33 bits per heavy atom. The highest BCUT2D eigenvalue weighted by Crippen LogP contribution is 2.40. The van der Waals surface area contributed by atoms with Gasteiger partial charge in [0.05, 0.1) is 5.56 Å². The zero-order chi connectivity index (χ0) is 14.0. The van der Waals surface area contributed by atoms with E-state index in [1.807, 2.05) is 0 Å². The van der Waals surface area contributed by atoms with E-state index in [0.717, 1.165) is 12.1 Å². The Morgan fingerprint density at radius 1 is 1.28 bits per heavy atom. The minimum absolute atomic E-state index is 0.553. The number of benzene rings is 1. The molecule has 0 aliphatic carbocycles. The summed E-state index contributed by atoms with van der Waals surface area (Å²) in [5.74, 6) is -0.627. The lowest BCUT2D eigenvalue weighted by Gasteiger charge is -2.14. The third-order valence-electron chi connectivity index (χ3n) is 1.86. The third kappa shape index (κ3) is 3.49. The standard InChI is InChI=1S/C9H7ClF4O3S/c10-18(15,16)8-6(9(12,13)14)2-1-3-7(8)17-5-4-11/h1-3H,4-5H2. The zero-order valence-electron chi connectivity index (χ0n) is 8.67. The average Bonchev–Trinajstić information content (AvgIpc) is 2.23. The van der Waals surface area contributed by atoms with E-state index in [2.05, 4.69) is 4.74 Å². The van der Waals surface area contributed by atoms with E-state index >= 15 is 0 Å². The van der Waals surface area contributed by atoms with Crippen LogP contribution in [0.15, 0.2) is 23.1 Å². The molecule has 0 aliphatic heterocycles. The van der Waals surface area contributed by atoms with Crippen molar-refractivity contribution in [3.05, 3.63) is 23.8 Å². The molecule has 1 aromatic rings. The van der Waals surface area contributed by atoms with E-state index in [9.17, 15) is 26.0 Å². The summed E-state index contributed by atoms with van der Waals surface area (Å²) in [5, 5.41) is 0. The first-order chi connectivity index (χ1) is 8.18. The lowest BCUT2D eigenvalue weighted by atomic mass is 10.2. The summed E-state index contributed by atoms with van der Waals surface area (Å²) in [6.07, 6.45) is -4.91. The van der Waals surface area contributed by atoms with Gasteiger partial charge in [0.1, 0.15) is 23.9 Å². The number of rotatable bonds is 4. The lowest BCUT2D eigenvalue weighted by molar-refractivity contribution is -0.140. The van der Waals surface area contributed by atoms with Gasteiger partial charge < -0.3 is 4.74 Å². The van der Waals surface area contributed by atoms with Crippen LogP contribution in [0.25, 0.3) is 0 Å². The second-order valence-electron chi connectivity index (χ2n) is 3.11. The summed E-state index contributed by atoms with van der Waals surface area (Å²) >= 11 is 0. The van der Waals surface area contributed by atoms with Crippen LogP contribution in [-0.4, -0.2) is 21.7 Å². The summed E-state index contributed by atoms with van der Waals surface area (Å²) in [5.41, 5.74) is -1.45. The van der Waals surface area contributed by atoms with Gasteiger partial charge in [0.2, 0.25) is 0 Å². The highest BCUT2D eigenvalue weighted by Gasteiger charge is 2.38. The first-order valence-corrected chi connectivity index (χ1v) is 6.82. The average molecular weight is 307 g/mol. The van der Waals surface area contributed by atoms with Crippen molar-refractivity contribution in [3.63, 3.8) is 0 Å². The van der Waals surface area contributed by atoms with E-state index in [-0.39, 0.29) is 0 Å². The molecule has 0 fully saturated rings. The molecule has 0 amide bonds. The Morgan fingerprint density at radius 2 is 1.89 bits per heavy atom. The van der Waals surface area contributed by atoms with E-state index in [1.165, 1.54) is 0 Å². The molecule has 1 aromatic carbocycles. The Labute approximate surface area is 105 Å². The van der Waals surface area contributed by atoms with Gasteiger partial charge in [-0.15, -0.1) is 0 Å². The van der Waals surface area contributed by atoms with Crippen LogP contribution in [0, 0.1) is 0 Å². The van der Waals surface area contributed by atoms with Crippen LogP contribution in [0.3, 0.4) is 0 Å². The molecule has 18 heavy (non-hydrogen) atoms. The van der Waals surface area contributed by atoms with Gasteiger partial charge in [-0.1, -0.05) is 6.07 Å². The highest BCUT2D eigenvalue weighted by molar-refractivity contribution is 8.13. The second-order valence-corrected chi connectivity index (χ2v) is 5.61. The zero-order valence-corrected chi connectivity index (χ0v) is 10.2. The molecule has 0 N–H and O–H groups in total. The van der Waals surface area contributed by atoms with Crippen molar-refractivity contribution in [2.45, 2.75) is 11.1 Å². The van der Waals surface area contributed by atoms with E-state index < -0.39 is 44.7 Å². The molecule has 102 valence electrons. The van der Waals surface area contributed by atoms with Crippen LogP contribution in [0.2, 0.25) is 0 Å². The molecule has 0 saturated heterocycles. The van der Waals surface area contributed by atoms with Crippen LogP contribution in [-0.2, 0) is 15.2 Å². The van der Waals surface area contributed by atoms with E-state index in [1.54, 1.807) is 0 Å². The smallest absolute Gasteiger partial charge is 0.417 e. The van der Waals surface area contributed by atoms with Gasteiger partial charge in [0.15, 0.2) is 0 Å². The quantitative estimate of drug-likeness (QED) is 0.634. The Hall–Kier alpha value is -1.02. The van der Waals surface area contributed by atoms with Crippen molar-refractivity contribution < 1.29 is 30.7 Å². The maximum atomic E-state index is 12.6. The third-order valence-corrected chi connectivity index (χ3v) is 3.23. The fraction of sp³-hybridized carbons (Fsp3) is 0.333. The predicted molar refractivity (Wildman–Crippen MR) is 56.0 cm³/mol. The molecule has 0 saturated carbocycles. The molecule has 0 bridgehead atoms. The topological polar surface area (TPSA) is 43.4 Å². The van der Waals surface area contributed by atoms with Gasteiger partial charge in [-0.2, -0.15) is 13.2 Å². The molecule has 0 spiro atoms. The van der Waals surface area contributed by atoms with Gasteiger partial charge in [0, 0.05) is 10.7 Å². The minimum Gasteiger partial charge on any atom is -0.489 e. The van der Waals surface area contributed by atoms with Gasteiger partial charge in [-0.3, -0.25) is 0 Å².